The maximum absolute atomic E-state index is 13.3. The van der Waals surface area contributed by atoms with Gasteiger partial charge in [-0.25, -0.2) is 4.21 Å². The number of hydrogen-bond acceptors (Lipinski definition) is 3. The summed E-state index contributed by atoms with van der Waals surface area (Å²) in [7, 11) is -2.61. The first-order valence-corrected chi connectivity index (χ1v) is 13.9. The average molecular weight is 514 g/mol. The van der Waals surface area contributed by atoms with Crippen LogP contribution in [0.5, 0.6) is 0 Å². The molecule has 0 aliphatic carbocycles. The van der Waals surface area contributed by atoms with Gasteiger partial charge in [-0.1, -0.05) is 48.5 Å². The molecule has 0 aliphatic rings. The number of carbonyl (C=O) groups excluding carboxylic acids is 1. The van der Waals surface area contributed by atoms with Gasteiger partial charge in [0, 0.05) is 49.8 Å². The number of nitrogens with one attached hydrogen (secondary N) is 3. The van der Waals surface area contributed by atoms with Gasteiger partial charge in [-0.05, 0) is 60.2 Å². The van der Waals surface area contributed by atoms with E-state index in [2.05, 4.69) is 15.0 Å². The van der Waals surface area contributed by atoms with Gasteiger partial charge in [-0.2, -0.15) is 0 Å². The van der Waals surface area contributed by atoms with Crippen LogP contribution < -0.4 is 10.0 Å². The number of para-hydroxylation sites is 1. The normalized spacial score (nSPS) is 12.7. The first kappa shape index (κ1) is 23.7. The van der Waals surface area contributed by atoms with E-state index in [4.69, 9.17) is 0 Å². The van der Waals surface area contributed by atoms with Crippen LogP contribution in [-0.4, -0.2) is 25.6 Å². The second-order valence-corrected chi connectivity index (χ2v) is 10.7. The van der Waals surface area contributed by atoms with Crippen molar-refractivity contribution >= 4 is 50.0 Å². The minimum Gasteiger partial charge on any atom is -0.350 e. The summed E-state index contributed by atoms with van der Waals surface area (Å²) >= 11 is 0. The molecule has 6 nitrogen and oxygen atoms in total. The molecule has 0 bridgehead atoms. The lowest BCUT2D eigenvalue weighted by atomic mass is 10.0. The predicted octanol–water partition coefficient (Wildman–Crippen LogP) is 5.96. The van der Waals surface area contributed by atoms with Crippen LogP contribution in [0.3, 0.4) is 0 Å². The van der Waals surface area contributed by atoms with Crippen molar-refractivity contribution in [2.24, 2.45) is 0 Å². The predicted molar refractivity (Wildman–Crippen MR) is 147 cm³/mol. The van der Waals surface area contributed by atoms with Gasteiger partial charge in [0.25, 0.3) is 5.91 Å². The second kappa shape index (κ2) is 10.3. The Labute approximate surface area is 213 Å². The van der Waals surface area contributed by atoms with E-state index < -0.39 is 21.8 Å². The Morgan fingerprint density at radius 2 is 1.39 bits per heavy atom. The molecule has 36 heavy (non-hydrogen) atoms. The highest BCUT2D eigenvalue weighted by molar-refractivity contribution is 7.86. The number of hydrogen-bond donors (Lipinski definition) is 3. The molecular formula is C28H23N3O3S2. The zero-order valence-electron chi connectivity index (χ0n) is 19.4. The third kappa shape index (κ3) is 5.00. The van der Waals surface area contributed by atoms with E-state index in [0.717, 1.165) is 22.0 Å². The second-order valence-electron chi connectivity index (χ2n) is 8.12. The number of anilines is 2. The Bertz CT molecular complexity index is 1580. The van der Waals surface area contributed by atoms with Crippen molar-refractivity contribution in [1.29, 1.82) is 0 Å². The summed E-state index contributed by atoms with van der Waals surface area (Å²) in [5, 5.41) is 3.79. The number of benzene rings is 4. The van der Waals surface area contributed by atoms with Gasteiger partial charge >= 0.3 is 0 Å². The molecular weight excluding hydrogens is 490 g/mol. The summed E-state index contributed by atoms with van der Waals surface area (Å²) < 4.78 is 27.6. The van der Waals surface area contributed by atoms with Crippen LogP contribution in [0.2, 0.25) is 0 Å². The third-order valence-corrected chi connectivity index (χ3v) is 7.76. The number of aromatic amines is 1. The molecule has 5 aromatic rings. The molecule has 0 aliphatic heterocycles. The molecule has 1 aromatic heterocycles. The summed E-state index contributed by atoms with van der Waals surface area (Å²) in [4.78, 5) is 17.8. The molecule has 0 radical (unpaired) electrons. The third-order valence-electron chi connectivity index (χ3n) is 5.70. The molecule has 2 atom stereocenters. The van der Waals surface area contributed by atoms with Gasteiger partial charge in [-0.15, -0.1) is 0 Å². The van der Waals surface area contributed by atoms with Crippen molar-refractivity contribution in [3.8, 4) is 11.1 Å². The van der Waals surface area contributed by atoms with E-state index in [9.17, 15) is 13.2 Å². The quantitative estimate of drug-likeness (QED) is 0.251. The fraction of sp³-hybridized carbons (Fsp3) is 0.0357. The number of H-pyrrole nitrogens is 1. The molecule has 0 saturated carbocycles. The van der Waals surface area contributed by atoms with Crippen LogP contribution >= 0.6 is 0 Å². The summed E-state index contributed by atoms with van der Waals surface area (Å²) in [5.74, 6) is -0.247. The molecule has 8 heteroatoms. The number of aromatic nitrogens is 1. The molecule has 5 rings (SSSR count). The maximum Gasteiger partial charge on any atom is 0.272 e. The fourth-order valence-electron chi connectivity index (χ4n) is 3.97. The lowest BCUT2D eigenvalue weighted by Crippen LogP contribution is -2.13. The Balaban J connectivity index is 1.51. The monoisotopic (exact) mass is 513 g/mol. The van der Waals surface area contributed by atoms with Crippen molar-refractivity contribution in [3.63, 3.8) is 0 Å². The van der Waals surface area contributed by atoms with Gasteiger partial charge in [-0.3, -0.25) is 9.00 Å². The summed E-state index contributed by atoms with van der Waals surface area (Å²) in [6.07, 6.45) is 1.61. The van der Waals surface area contributed by atoms with Crippen LogP contribution in [0.4, 0.5) is 11.4 Å². The van der Waals surface area contributed by atoms with E-state index in [-0.39, 0.29) is 5.91 Å². The standard InChI is InChI=1S/C28H23N3O3S2/c1-35(33)22-13-15-23(16-14-22)36(34)31-21-12-17-25-24(18-21)26(19-8-4-2-5-9-19)27(30-25)28(32)29-20-10-6-3-7-11-20/h2-18,30-31H,1H3,(H,29,32). The van der Waals surface area contributed by atoms with Crippen LogP contribution in [0.1, 0.15) is 10.5 Å². The van der Waals surface area contributed by atoms with Gasteiger partial charge in [0.2, 0.25) is 0 Å². The largest absolute Gasteiger partial charge is 0.350 e. The molecule has 1 heterocycles. The number of carbonyl (C=O) groups is 1. The van der Waals surface area contributed by atoms with Gasteiger partial charge in [0.1, 0.15) is 16.7 Å². The van der Waals surface area contributed by atoms with E-state index in [1.165, 1.54) is 0 Å². The lowest BCUT2D eigenvalue weighted by Gasteiger charge is -2.09. The molecule has 0 spiro atoms. The minimum absolute atomic E-state index is 0.247. The number of rotatable bonds is 7. The minimum atomic E-state index is -1.52. The highest BCUT2D eigenvalue weighted by Gasteiger charge is 2.20. The SMILES string of the molecule is CS(=O)c1ccc(S(=O)Nc2ccc3[nH]c(C(=O)Nc4ccccc4)c(-c4ccccc4)c3c2)cc1. The highest BCUT2D eigenvalue weighted by atomic mass is 32.2. The molecule has 3 N–H and O–H groups in total. The van der Waals surface area contributed by atoms with E-state index in [1.54, 1.807) is 30.5 Å². The van der Waals surface area contributed by atoms with Crippen molar-refractivity contribution in [1.82, 2.24) is 4.98 Å². The van der Waals surface area contributed by atoms with Crippen molar-refractivity contribution in [3.05, 3.63) is 109 Å². The zero-order chi connectivity index (χ0) is 25.1. The number of fused-ring (bicyclic) bond motifs is 1. The Hall–Kier alpha value is -4.01. The van der Waals surface area contributed by atoms with E-state index in [1.807, 2.05) is 78.9 Å². The van der Waals surface area contributed by atoms with Crippen molar-refractivity contribution in [2.45, 2.75) is 9.79 Å². The lowest BCUT2D eigenvalue weighted by molar-refractivity contribution is 0.102. The van der Waals surface area contributed by atoms with Crippen LogP contribution in [0.15, 0.2) is 113 Å². The van der Waals surface area contributed by atoms with Gasteiger partial charge in [0.15, 0.2) is 0 Å². The molecule has 0 saturated heterocycles. The Morgan fingerprint density at radius 1 is 0.750 bits per heavy atom. The topological polar surface area (TPSA) is 91.1 Å². The maximum atomic E-state index is 13.3. The fourth-order valence-corrected chi connectivity index (χ4v) is 5.33. The summed E-state index contributed by atoms with van der Waals surface area (Å²) in [5.41, 5.74) is 4.25. The van der Waals surface area contributed by atoms with Crippen LogP contribution in [-0.2, 0) is 21.8 Å². The number of amides is 1. The molecule has 180 valence electrons. The summed E-state index contributed by atoms with van der Waals surface area (Å²) in [6.45, 7) is 0. The van der Waals surface area contributed by atoms with Crippen molar-refractivity contribution in [2.75, 3.05) is 16.3 Å². The van der Waals surface area contributed by atoms with Crippen LogP contribution in [0.25, 0.3) is 22.0 Å². The first-order chi connectivity index (χ1) is 17.5. The Kier molecular flexibility index (Phi) is 6.79. The van der Waals surface area contributed by atoms with E-state index >= 15 is 0 Å². The van der Waals surface area contributed by atoms with Crippen LogP contribution in [0, 0.1) is 0 Å². The van der Waals surface area contributed by atoms with Crippen molar-refractivity contribution < 1.29 is 13.2 Å². The molecule has 4 aromatic carbocycles. The van der Waals surface area contributed by atoms with Gasteiger partial charge < -0.3 is 15.0 Å². The average Bonchev–Trinajstić information content (AvgIpc) is 3.29. The highest BCUT2D eigenvalue weighted by Crippen LogP contribution is 2.35. The molecule has 2 unspecified atom stereocenters. The first-order valence-electron chi connectivity index (χ1n) is 11.2. The Morgan fingerprint density at radius 3 is 2.06 bits per heavy atom. The smallest absolute Gasteiger partial charge is 0.272 e. The molecule has 0 fully saturated rings. The molecule has 1 amide bonds. The van der Waals surface area contributed by atoms with E-state index in [0.29, 0.717) is 26.9 Å². The summed E-state index contributed by atoms with van der Waals surface area (Å²) in [6, 6.07) is 31.4. The van der Waals surface area contributed by atoms with Gasteiger partial charge in [0.05, 0.1) is 4.90 Å². The zero-order valence-corrected chi connectivity index (χ0v) is 21.0.